The highest BCUT2D eigenvalue weighted by Gasteiger charge is 2.39. The third-order valence-corrected chi connectivity index (χ3v) is 5.21. The van der Waals surface area contributed by atoms with E-state index in [0.29, 0.717) is 12.0 Å². The van der Waals surface area contributed by atoms with Crippen LogP contribution in [0.5, 0.6) is 0 Å². The van der Waals surface area contributed by atoms with Crippen molar-refractivity contribution in [2.75, 3.05) is 13.1 Å². The minimum absolute atomic E-state index is 0.222. The number of amides is 1. The summed E-state index contributed by atoms with van der Waals surface area (Å²) in [4.78, 5) is 19.0. The van der Waals surface area contributed by atoms with Gasteiger partial charge in [-0.2, -0.15) is 0 Å². The zero-order chi connectivity index (χ0) is 20.5. The van der Waals surface area contributed by atoms with Crippen LogP contribution in [0.15, 0.2) is 30.6 Å². The summed E-state index contributed by atoms with van der Waals surface area (Å²) in [5.41, 5.74) is 4.97. The van der Waals surface area contributed by atoms with Gasteiger partial charge >= 0.3 is 6.09 Å². The Balaban J connectivity index is 1.55. The van der Waals surface area contributed by atoms with Crippen molar-refractivity contribution in [3.8, 4) is 0 Å². The summed E-state index contributed by atoms with van der Waals surface area (Å²) in [7, 11) is 0. The van der Waals surface area contributed by atoms with Crippen molar-refractivity contribution in [1.82, 2.24) is 20.3 Å². The molecule has 6 heteroatoms. The summed E-state index contributed by atoms with van der Waals surface area (Å²) in [6.45, 7) is 13.5. The quantitative estimate of drug-likeness (QED) is 0.846. The van der Waals surface area contributed by atoms with Gasteiger partial charge in [-0.25, -0.2) is 10.2 Å². The van der Waals surface area contributed by atoms with Crippen molar-refractivity contribution in [3.63, 3.8) is 0 Å². The normalized spacial score (nSPS) is 22.5. The van der Waals surface area contributed by atoms with Gasteiger partial charge < -0.3 is 14.6 Å². The van der Waals surface area contributed by atoms with Crippen LogP contribution in [0.2, 0.25) is 0 Å². The predicted molar refractivity (Wildman–Crippen MR) is 111 cm³/mol. The molecule has 0 saturated heterocycles. The van der Waals surface area contributed by atoms with Gasteiger partial charge in [0.1, 0.15) is 5.60 Å². The lowest BCUT2D eigenvalue weighted by molar-refractivity contribution is -0.0106. The smallest absolute Gasteiger partial charge is 0.410 e. The number of nitrogens with one attached hydrogen (secondary N) is 1. The number of hydrogen-bond donors (Lipinski definition) is 1. The molecule has 1 aromatic heterocycles. The molecule has 0 radical (unpaired) electrons. The summed E-state index contributed by atoms with van der Waals surface area (Å²) in [5.74, 6) is 0.492. The minimum atomic E-state index is -0.477. The van der Waals surface area contributed by atoms with E-state index in [4.69, 9.17) is 4.74 Å². The van der Waals surface area contributed by atoms with Crippen molar-refractivity contribution in [2.45, 2.75) is 71.6 Å². The highest BCUT2D eigenvalue weighted by atomic mass is 16.6. The molecule has 0 spiro atoms. The minimum Gasteiger partial charge on any atom is -0.444 e. The largest absolute Gasteiger partial charge is 0.444 e. The van der Waals surface area contributed by atoms with Gasteiger partial charge in [0.25, 0.3) is 0 Å². The second kappa shape index (κ2) is 7.74. The van der Waals surface area contributed by atoms with E-state index in [2.05, 4.69) is 42.4 Å². The molecule has 6 nitrogen and oxygen atoms in total. The lowest BCUT2D eigenvalue weighted by atomic mass is 9.79. The van der Waals surface area contributed by atoms with Crippen LogP contribution in [0.1, 0.15) is 60.1 Å². The summed E-state index contributed by atoms with van der Waals surface area (Å²) >= 11 is 0. The first-order valence-electron chi connectivity index (χ1n) is 10.2. The van der Waals surface area contributed by atoms with E-state index in [0.717, 1.165) is 31.6 Å². The third kappa shape index (κ3) is 5.04. The molecular weight excluding hydrogens is 352 g/mol. The number of ether oxygens (including phenoxy) is 1. The Hall–Kier alpha value is -2.08. The van der Waals surface area contributed by atoms with E-state index >= 15 is 0 Å². The molecule has 2 aliphatic rings. The van der Waals surface area contributed by atoms with Gasteiger partial charge in [0.05, 0.1) is 5.69 Å². The number of carbonyl (C=O) groups excluding carboxylic acids is 1. The molecule has 0 unspecified atom stereocenters. The van der Waals surface area contributed by atoms with Crippen LogP contribution in [0.25, 0.3) is 5.57 Å². The Morgan fingerprint density at radius 1 is 1.25 bits per heavy atom. The maximum atomic E-state index is 12.7. The first kappa shape index (κ1) is 20.6. The zero-order valence-electron chi connectivity index (χ0n) is 18.0. The standard InChI is InChI=1S/C22H34N4O2/c1-21(2,3)25(20(27)28-22(4,5)6)14-16-11-18(12-16)26-15-17(13-24-26)19-9-7-8-10-23-19/h7-10,15-16,18,24H,11-14H2,1-6H3. The fourth-order valence-electron chi connectivity index (χ4n) is 3.65. The summed E-state index contributed by atoms with van der Waals surface area (Å²) in [6, 6.07) is 6.46. The second-order valence-electron chi connectivity index (χ2n) is 9.86. The average molecular weight is 387 g/mol. The van der Waals surface area contributed by atoms with Gasteiger partial charge in [0.2, 0.25) is 0 Å². The molecule has 1 saturated carbocycles. The van der Waals surface area contributed by atoms with Crippen LogP contribution in [-0.4, -0.2) is 51.3 Å². The molecule has 0 aromatic carbocycles. The van der Waals surface area contributed by atoms with Crippen LogP contribution < -0.4 is 5.43 Å². The number of hydrazine groups is 1. The lowest BCUT2D eigenvalue weighted by Gasteiger charge is -2.45. The van der Waals surface area contributed by atoms with Crippen molar-refractivity contribution in [1.29, 1.82) is 0 Å². The van der Waals surface area contributed by atoms with Crippen LogP contribution in [0.3, 0.4) is 0 Å². The molecule has 1 N–H and O–H groups in total. The highest BCUT2D eigenvalue weighted by molar-refractivity contribution is 5.69. The molecule has 1 aromatic rings. The van der Waals surface area contributed by atoms with Crippen LogP contribution in [0, 0.1) is 5.92 Å². The molecule has 28 heavy (non-hydrogen) atoms. The Bertz CT molecular complexity index is 712. The second-order valence-corrected chi connectivity index (χ2v) is 9.86. The number of hydrogen-bond acceptors (Lipinski definition) is 5. The molecule has 1 fully saturated rings. The molecule has 0 atom stereocenters. The first-order chi connectivity index (χ1) is 13.0. The number of aromatic nitrogens is 1. The first-order valence-corrected chi connectivity index (χ1v) is 10.2. The monoisotopic (exact) mass is 386 g/mol. The predicted octanol–water partition coefficient (Wildman–Crippen LogP) is 4.06. The van der Waals surface area contributed by atoms with E-state index in [1.165, 1.54) is 5.57 Å². The molecule has 1 aliphatic heterocycles. The number of rotatable bonds is 4. The Kier molecular flexibility index (Phi) is 5.71. The lowest BCUT2D eigenvalue weighted by Crippen LogP contribution is -2.54. The average Bonchev–Trinajstić information content (AvgIpc) is 3.01. The third-order valence-electron chi connectivity index (χ3n) is 5.21. The molecule has 1 aliphatic carbocycles. The Morgan fingerprint density at radius 2 is 1.96 bits per heavy atom. The van der Waals surface area contributed by atoms with E-state index < -0.39 is 5.60 Å². The molecule has 0 bridgehead atoms. The highest BCUT2D eigenvalue weighted by Crippen LogP contribution is 2.35. The molecule has 1 amide bonds. The van der Waals surface area contributed by atoms with Crippen molar-refractivity contribution < 1.29 is 9.53 Å². The molecular formula is C22H34N4O2. The van der Waals surface area contributed by atoms with Crippen molar-refractivity contribution in [3.05, 3.63) is 36.3 Å². The van der Waals surface area contributed by atoms with Gasteiger partial charge in [-0.15, -0.1) is 0 Å². The van der Waals surface area contributed by atoms with E-state index in [9.17, 15) is 4.79 Å². The fourth-order valence-corrected chi connectivity index (χ4v) is 3.65. The van der Waals surface area contributed by atoms with Crippen LogP contribution >= 0.6 is 0 Å². The van der Waals surface area contributed by atoms with Gasteiger partial charge in [0.15, 0.2) is 0 Å². The zero-order valence-corrected chi connectivity index (χ0v) is 18.0. The molecule has 2 heterocycles. The van der Waals surface area contributed by atoms with Gasteiger partial charge in [-0.3, -0.25) is 4.98 Å². The number of nitrogens with zero attached hydrogens (tertiary/aromatic N) is 3. The molecule has 3 rings (SSSR count). The van der Waals surface area contributed by atoms with Crippen molar-refractivity contribution in [2.24, 2.45) is 5.92 Å². The SMILES string of the molecule is CC(C)(C)OC(=O)N(CC1CC(N2C=C(c3ccccn3)CN2)C1)C(C)(C)C. The van der Waals surface area contributed by atoms with Crippen LogP contribution in [0.4, 0.5) is 4.79 Å². The Labute approximate surface area is 168 Å². The maximum absolute atomic E-state index is 12.7. The summed E-state index contributed by atoms with van der Waals surface area (Å²) < 4.78 is 5.63. The summed E-state index contributed by atoms with van der Waals surface area (Å²) in [6.07, 6.45) is 5.91. The topological polar surface area (TPSA) is 57.7 Å². The van der Waals surface area contributed by atoms with E-state index in [-0.39, 0.29) is 11.6 Å². The van der Waals surface area contributed by atoms with Crippen LogP contribution in [-0.2, 0) is 4.74 Å². The van der Waals surface area contributed by atoms with Gasteiger partial charge in [0, 0.05) is 42.6 Å². The van der Waals surface area contributed by atoms with Crippen molar-refractivity contribution >= 4 is 11.7 Å². The maximum Gasteiger partial charge on any atom is 0.410 e. The van der Waals surface area contributed by atoms with E-state index in [1.807, 2.05) is 50.1 Å². The number of carbonyl (C=O) groups is 1. The number of pyridine rings is 1. The fraction of sp³-hybridized carbons (Fsp3) is 0.636. The molecule has 154 valence electrons. The summed E-state index contributed by atoms with van der Waals surface area (Å²) in [5, 5.41) is 2.22. The van der Waals surface area contributed by atoms with E-state index in [1.54, 1.807) is 0 Å². The Morgan fingerprint density at radius 3 is 2.54 bits per heavy atom. The van der Waals surface area contributed by atoms with Gasteiger partial charge in [-0.05, 0) is 72.4 Å². The van der Waals surface area contributed by atoms with Gasteiger partial charge in [-0.1, -0.05) is 6.07 Å².